The van der Waals surface area contributed by atoms with Gasteiger partial charge in [0, 0.05) is 4.55 Å². The molecular formula is C2H7BINO. The minimum Gasteiger partial charge on any atom is -0.437 e. The molecule has 0 bridgehead atoms. The standard InChI is InChI=1S/C2H7BINO/c1-3(6)5-2-4/h5-6H,2H2,1H3. The molecule has 0 fully saturated rings. The van der Waals surface area contributed by atoms with E-state index in [1.807, 2.05) is 0 Å². The Hall–Kier alpha value is 0.715. The van der Waals surface area contributed by atoms with Crippen LogP contribution in [0.5, 0.6) is 0 Å². The van der Waals surface area contributed by atoms with Gasteiger partial charge in [-0.2, -0.15) is 0 Å². The van der Waals surface area contributed by atoms with Crippen molar-refractivity contribution >= 4 is 29.6 Å². The van der Waals surface area contributed by atoms with Crippen molar-refractivity contribution in [2.24, 2.45) is 0 Å². The molecule has 0 rings (SSSR count). The Labute approximate surface area is 51.6 Å². The first-order valence-electron chi connectivity index (χ1n) is 1.75. The summed E-state index contributed by atoms with van der Waals surface area (Å²) in [5, 5.41) is 11.2. The van der Waals surface area contributed by atoms with Crippen LogP contribution in [0.4, 0.5) is 0 Å². The van der Waals surface area contributed by atoms with Crippen LogP contribution in [-0.4, -0.2) is 16.6 Å². The molecular weight excluding hydrogens is 192 g/mol. The van der Waals surface area contributed by atoms with E-state index in [1.165, 1.54) is 0 Å². The first kappa shape index (κ1) is 6.71. The fraction of sp³-hybridized carbons (Fsp3) is 1.00. The lowest BCUT2D eigenvalue weighted by Crippen LogP contribution is -2.28. The highest BCUT2D eigenvalue weighted by atomic mass is 127. The Morgan fingerprint density at radius 3 is 2.50 bits per heavy atom. The van der Waals surface area contributed by atoms with Crippen molar-refractivity contribution in [1.29, 1.82) is 0 Å². The molecule has 0 radical (unpaired) electrons. The van der Waals surface area contributed by atoms with E-state index in [0.717, 1.165) is 4.55 Å². The molecule has 6 heavy (non-hydrogen) atoms. The van der Waals surface area contributed by atoms with Gasteiger partial charge in [-0.05, 0) is 6.82 Å². The maximum absolute atomic E-state index is 8.44. The number of rotatable bonds is 2. The zero-order chi connectivity index (χ0) is 4.99. The zero-order valence-corrected chi connectivity index (χ0v) is 5.77. The Bertz CT molecular complexity index is 34.7. The predicted octanol–water partition coefficient (Wildman–Crippen LogP) is 0.0788. The lowest BCUT2D eigenvalue weighted by molar-refractivity contribution is 0.564. The second-order valence-electron chi connectivity index (χ2n) is 1.01. The average molecular weight is 199 g/mol. The topological polar surface area (TPSA) is 32.3 Å². The highest BCUT2D eigenvalue weighted by molar-refractivity contribution is 14.1. The molecule has 0 saturated carbocycles. The van der Waals surface area contributed by atoms with Crippen LogP contribution in [0.15, 0.2) is 0 Å². The van der Waals surface area contributed by atoms with Gasteiger partial charge in [0.1, 0.15) is 0 Å². The van der Waals surface area contributed by atoms with E-state index in [9.17, 15) is 0 Å². The van der Waals surface area contributed by atoms with Gasteiger partial charge in [-0.15, -0.1) is 0 Å². The maximum atomic E-state index is 8.44. The number of nitrogens with one attached hydrogen (secondary N) is 1. The number of hydrogen-bond donors (Lipinski definition) is 2. The van der Waals surface area contributed by atoms with Crippen LogP contribution in [0.3, 0.4) is 0 Å². The fourth-order valence-electron chi connectivity index (χ4n) is 0.112. The van der Waals surface area contributed by atoms with Gasteiger partial charge >= 0.3 is 7.05 Å². The largest absolute Gasteiger partial charge is 0.437 e. The Morgan fingerprint density at radius 1 is 2.00 bits per heavy atom. The van der Waals surface area contributed by atoms with Crippen molar-refractivity contribution in [2.45, 2.75) is 6.82 Å². The van der Waals surface area contributed by atoms with E-state index in [2.05, 4.69) is 27.8 Å². The molecule has 0 atom stereocenters. The molecule has 2 N–H and O–H groups in total. The molecule has 0 aliphatic rings. The fourth-order valence-corrected chi connectivity index (χ4v) is 0.749. The molecule has 0 heterocycles. The van der Waals surface area contributed by atoms with E-state index in [0.29, 0.717) is 0 Å². The molecule has 2 nitrogen and oxygen atoms in total. The Kier molecular flexibility index (Phi) is 4.35. The van der Waals surface area contributed by atoms with Crippen LogP contribution in [0.1, 0.15) is 0 Å². The molecule has 0 aromatic carbocycles. The van der Waals surface area contributed by atoms with E-state index in [4.69, 9.17) is 5.02 Å². The molecule has 0 unspecified atom stereocenters. The van der Waals surface area contributed by atoms with Gasteiger partial charge in [0.15, 0.2) is 0 Å². The molecule has 0 aliphatic carbocycles. The highest BCUT2D eigenvalue weighted by Crippen LogP contribution is 1.72. The zero-order valence-electron chi connectivity index (χ0n) is 3.61. The highest BCUT2D eigenvalue weighted by Gasteiger charge is 1.94. The lowest BCUT2D eigenvalue weighted by Gasteiger charge is -1.93. The molecule has 0 amide bonds. The van der Waals surface area contributed by atoms with Crippen LogP contribution >= 0.6 is 22.6 Å². The predicted molar refractivity (Wildman–Crippen MR) is 35.9 cm³/mol. The average Bonchev–Trinajstić information content (AvgIpc) is 1.35. The molecule has 0 aliphatic heterocycles. The summed E-state index contributed by atoms with van der Waals surface area (Å²) in [6.45, 7) is 1.69. The van der Waals surface area contributed by atoms with Crippen molar-refractivity contribution in [1.82, 2.24) is 5.23 Å². The number of alkyl halides is 1. The maximum Gasteiger partial charge on any atom is 0.374 e. The normalized spacial score (nSPS) is 8.50. The third kappa shape index (κ3) is 4.71. The minimum atomic E-state index is -0.359. The third-order valence-corrected chi connectivity index (χ3v) is 0.813. The van der Waals surface area contributed by atoms with Crippen molar-refractivity contribution in [3.05, 3.63) is 0 Å². The summed E-state index contributed by atoms with van der Waals surface area (Å²) in [7, 11) is -0.359. The van der Waals surface area contributed by atoms with Gasteiger partial charge in [-0.25, -0.2) is 0 Å². The number of halogens is 1. The molecule has 4 heteroatoms. The molecule has 0 aromatic heterocycles. The SMILES string of the molecule is CB(O)NCI. The monoisotopic (exact) mass is 199 g/mol. The smallest absolute Gasteiger partial charge is 0.374 e. The van der Waals surface area contributed by atoms with E-state index in [-0.39, 0.29) is 7.05 Å². The van der Waals surface area contributed by atoms with Crippen molar-refractivity contribution < 1.29 is 5.02 Å². The summed E-state index contributed by atoms with van der Waals surface area (Å²) >= 11 is 2.13. The van der Waals surface area contributed by atoms with Crippen LogP contribution in [0.25, 0.3) is 0 Å². The first-order chi connectivity index (χ1) is 2.77. The summed E-state index contributed by atoms with van der Waals surface area (Å²) in [5.41, 5.74) is 0. The van der Waals surface area contributed by atoms with Gasteiger partial charge in [-0.1, -0.05) is 22.6 Å². The van der Waals surface area contributed by atoms with Crippen LogP contribution in [-0.2, 0) is 0 Å². The van der Waals surface area contributed by atoms with Gasteiger partial charge in [0.05, 0.1) is 0 Å². The summed E-state index contributed by atoms with van der Waals surface area (Å²) < 4.78 is 0.801. The molecule has 36 valence electrons. The summed E-state index contributed by atoms with van der Waals surface area (Å²) in [4.78, 5) is 0. The molecule has 0 spiro atoms. The van der Waals surface area contributed by atoms with Crippen LogP contribution in [0, 0.1) is 0 Å². The van der Waals surface area contributed by atoms with Crippen molar-refractivity contribution in [2.75, 3.05) is 4.55 Å². The van der Waals surface area contributed by atoms with Gasteiger partial charge in [-0.3, -0.25) is 0 Å². The van der Waals surface area contributed by atoms with Gasteiger partial charge < -0.3 is 10.3 Å². The van der Waals surface area contributed by atoms with E-state index < -0.39 is 0 Å². The Morgan fingerprint density at radius 2 is 2.50 bits per heavy atom. The summed E-state index contributed by atoms with van der Waals surface area (Å²) in [6, 6.07) is 0. The van der Waals surface area contributed by atoms with Crippen molar-refractivity contribution in [3.8, 4) is 0 Å². The van der Waals surface area contributed by atoms with Crippen LogP contribution < -0.4 is 5.23 Å². The quantitative estimate of drug-likeness (QED) is 0.285. The first-order valence-corrected chi connectivity index (χ1v) is 3.27. The third-order valence-electron chi connectivity index (χ3n) is 0.373. The Balaban J connectivity index is 2.63. The van der Waals surface area contributed by atoms with Crippen molar-refractivity contribution in [3.63, 3.8) is 0 Å². The number of hydrogen-bond acceptors (Lipinski definition) is 2. The minimum absolute atomic E-state index is 0.359. The van der Waals surface area contributed by atoms with Crippen LogP contribution in [0.2, 0.25) is 6.82 Å². The molecule has 0 aromatic rings. The summed E-state index contributed by atoms with van der Waals surface area (Å²) in [6.07, 6.45) is 0. The second-order valence-corrected chi connectivity index (χ2v) is 1.78. The van der Waals surface area contributed by atoms with E-state index in [1.54, 1.807) is 6.82 Å². The second kappa shape index (κ2) is 3.89. The molecule has 0 saturated heterocycles. The van der Waals surface area contributed by atoms with E-state index >= 15 is 0 Å². The van der Waals surface area contributed by atoms with Gasteiger partial charge in [0.2, 0.25) is 0 Å². The summed E-state index contributed by atoms with van der Waals surface area (Å²) in [5.74, 6) is 0. The lowest BCUT2D eigenvalue weighted by atomic mass is 9.90. The van der Waals surface area contributed by atoms with Gasteiger partial charge in [0.25, 0.3) is 0 Å².